The van der Waals surface area contributed by atoms with E-state index in [9.17, 15) is 17.6 Å². The molecule has 1 saturated heterocycles. The van der Waals surface area contributed by atoms with Crippen molar-refractivity contribution in [2.75, 3.05) is 37.6 Å². The summed E-state index contributed by atoms with van der Waals surface area (Å²) in [4.78, 5) is 15.8. The number of aryl methyl sites for hydroxylation is 1. The van der Waals surface area contributed by atoms with Crippen LogP contribution < -0.4 is 9.62 Å². The average Bonchev–Trinajstić information content (AvgIpc) is 2.69. The van der Waals surface area contributed by atoms with E-state index >= 15 is 0 Å². The summed E-state index contributed by atoms with van der Waals surface area (Å²) in [6, 6.07) is 11.3. The first-order valence-corrected chi connectivity index (χ1v) is 10.6. The molecule has 0 aromatic heterocycles. The average molecular weight is 405 g/mol. The third kappa shape index (κ3) is 4.34. The summed E-state index contributed by atoms with van der Waals surface area (Å²) in [5.74, 6) is -1.16. The molecule has 8 heteroatoms. The Labute approximate surface area is 165 Å². The van der Waals surface area contributed by atoms with Crippen LogP contribution in [-0.4, -0.2) is 51.9 Å². The zero-order chi connectivity index (χ0) is 20.3. The van der Waals surface area contributed by atoms with Crippen LogP contribution in [0.5, 0.6) is 0 Å². The molecule has 1 N–H and O–H groups in total. The molecule has 0 aliphatic carbocycles. The normalized spacial score (nSPS) is 15.0. The number of anilines is 1. The molecule has 2 aromatic carbocycles. The first kappa shape index (κ1) is 20.3. The molecule has 0 bridgehead atoms. The van der Waals surface area contributed by atoms with E-state index in [0.29, 0.717) is 26.2 Å². The minimum absolute atomic E-state index is 0.319. The van der Waals surface area contributed by atoms with E-state index < -0.39 is 20.7 Å². The van der Waals surface area contributed by atoms with Crippen molar-refractivity contribution in [2.45, 2.75) is 18.7 Å². The van der Waals surface area contributed by atoms with Gasteiger partial charge in [-0.3, -0.25) is 4.79 Å². The van der Waals surface area contributed by atoms with Crippen molar-refractivity contribution in [1.29, 1.82) is 0 Å². The number of rotatable bonds is 5. The van der Waals surface area contributed by atoms with Gasteiger partial charge in [0.05, 0.1) is 6.54 Å². The molecular weight excluding hydrogens is 381 g/mol. The first-order valence-electron chi connectivity index (χ1n) is 9.13. The van der Waals surface area contributed by atoms with Crippen LogP contribution in [0, 0.1) is 19.7 Å². The minimum atomic E-state index is -4.07. The lowest BCUT2D eigenvalue weighted by molar-refractivity contribution is -0.130. The Balaban J connectivity index is 1.57. The highest BCUT2D eigenvalue weighted by molar-refractivity contribution is 7.89. The molecule has 0 atom stereocenters. The first-order chi connectivity index (χ1) is 13.3. The highest BCUT2D eigenvalue weighted by Gasteiger charge is 2.25. The minimum Gasteiger partial charge on any atom is -0.368 e. The predicted molar refractivity (Wildman–Crippen MR) is 106 cm³/mol. The fraction of sp³-hybridized carbons (Fsp3) is 0.350. The van der Waals surface area contributed by atoms with Gasteiger partial charge < -0.3 is 9.80 Å². The summed E-state index contributed by atoms with van der Waals surface area (Å²) in [5.41, 5.74) is 3.60. The standard InChI is InChI=1S/C20H24FN3O3S/c1-15-6-5-8-18(16(15)2)23-10-12-24(13-11-23)20(25)14-22-28(26,27)19-9-4-3-7-17(19)21/h3-9,22H,10-14H2,1-2H3. The van der Waals surface area contributed by atoms with E-state index in [1.807, 2.05) is 6.07 Å². The molecule has 2 aromatic rings. The third-order valence-electron chi connectivity index (χ3n) is 5.09. The fourth-order valence-corrected chi connectivity index (χ4v) is 4.34. The molecule has 1 heterocycles. The predicted octanol–water partition coefficient (Wildman–Crippen LogP) is 2.07. The van der Waals surface area contributed by atoms with Crippen molar-refractivity contribution in [3.63, 3.8) is 0 Å². The second-order valence-corrected chi connectivity index (χ2v) is 8.58. The monoisotopic (exact) mass is 405 g/mol. The summed E-state index contributed by atoms with van der Waals surface area (Å²) in [7, 11) is -4.07. The van der Waals surface area contributed by atoms with Gasteiger partial charge >= 0.3 is 0 Å². The van der Waals surface area contributed by atoms with E-state index in [-0.39, 0.29) is 12.5 Å². The van der Waals surface area contributed by atoms with Gasteiger partial charge in [-0.2, -0.15) is 0 Å². The van der Waals surface area contributed by atoms with Gasteiger partial charge in [-0.1, -0.05) is 24.3 Å². The zero-order valence-corrected chi connectivity index (χ0v) is 16.8. The Kier molecular flexibility index (Phi) is 6.00. The number of amides is 1. The number of halogens is 1. The SMILES string of the molecule is Cc1cccc(N2CCN(C(=O)CNS(=O)(=O)c3ccccc3F)CC2)c1C. The molecule has 1 aliphatic rings. The summed E-state index contributed by atoms with van der Waals surface area (Å²) in [6.07, 6.45) is 0. The van der Waals surface area contributed by atoms with Crippen molar-refractivity contribution in [3.8, 4) is 0 Å². The number of hydrogen-bond acceptors (Lipinski definition) is 4. The van der Waals surface area contributed by atoms with Crippen molar-refractivity contribution in [3.05, 3.63) is 59.4 Å². The van der Waals surface area contributed by atoms with Gasteiger partial charge in [-0.15, -0.1) is 0 Å². The van der Waals surface area contributed by atoms with E-state index in [4.69, 9.17) is 0 Å². The number of nitrogens with one attached hydrogen (secondary N) is 1. The van der Waals surface area contributed by atoms with Crippen molar-refractivity contribution in [1.82, 2.24) is 9.62 Å². The summed E-state index contributed by atoms with van der Waals surface area (Å²) in [6.45, 7) is 6.13. The van der Waals surface area contributed by atoms with E-state index in [1.54, 1.807) is 4.90 Å². The van der Waals surface area contributed by atoms with Crippen LogP contribution in [0.1, 0.15) is 11.1 Å². The Hall–Kier alpha value is -2.45. The Morgan fingerprint density at radius 3 is 2.39 bits per heavy atom. The molecule has 0 radical (unpaired) electrons. The van der Waals surface area contributed by atoms with E-state index in [0.717, 1.165) is 11.8 Å². The van der Waals surface area contributed by atoms with Gasteiger partial charge in [0.1, 0.15) is 10.7 Å². The van der Waals surface area contributed by atoms with Crippen LogP contribution in [0.2, 0.25) is 0 Å². The number of carbonyl (C=O) groups is 1. The highest BCUT2D eigenvalue weighted by atomic mass is 32.2. The van der Waals surface area contributed by atoms with Crippen LogP contribution in [0.3, 0.4) is 0 Å². The van der Waals surface area contributed by atoms with Crippen LogP contribution >= 0.6 is 0 Å². The van der Waals surface area contributed by atoms with E-state index in [2.05, 4.69) is 35.6 Å². The van der Waals surface area contributed by atoms with Gasteiger partial charge in [0.2, 0.25) is 15.9 Å². The number of benzene rings is 2. The molecule has 1 aliphatic heterocycles. The van der Waals surface area contributed by atoms with Crippen molar-refractivity contribution >= 4 is 21.6 Å². The van der Waals surface area contributed by atoms with Crippen molar-refractivity contribution in [2.24, 2.45) is 0 Å². The highest BCUT2D eigenvalue weighted by Crippen LogP contribution is 2.23. The van der Waals surface area contributed by atoms with Gasteiger partial charge in [0, 0.05) is 31.9 Å². The van der Waals surface area contributed by atoms with Crippen molar-refractivity contribution < 1.29 is 17.6 Å². The van der Waals surface area contributed by atoms with Gasteiger partial charge in [-0.05, 0) is 43.2 Å². The molecule has 3 rings (SSSR count). The maximum absolute atomic E-state index is 13.7. The quantitative estimate of drug-likeness (QED) is 0.827. The van der Waals surface area contributed by atoms with Crippen LogP contribution in [0.4, 0.5) is 10.1 Å². The molecular formula is C20H24FN3O3S. The number of piperazine rings is 1. The fourth-order valence-electron chi connectivity index (χ4n) is 3.28. The molecule has 6 nitrogen and oxygen atoms in total. The lowest BCUT2D eigenvalue weighted by atomic mass is 10.1. The number of hydrogen-bond donors (Lipinski definition) is 1. The lowest BCUT2D eigenvalue weighted by Gasteiger charge is -2.37. The summed E-state index contributed by atoms with van der Waals surface area (Å²) >= 11 is 0. The molecule has 0 unspecified atom stereocenters. The summed E-state index contributed by atoms with van der Waals surface area (Å²) < 4.78 is 40.3. The zero-order valence-electron chi connectivity index (χ0n) is 16.0. The van der Waals surface area contributed by atoms with Crippen LogP contribution in [-0.2, 0) is 14.8 Å². The molecule has 0 spiro atoms. The third-order valence-corrected chi connectivity index (χ3v) is 6.52. The summed E-state index contributed by atoms with van der Waals surface area (Å²) in [5, 5.41) is 0. The maximum atomic E-state index is 13.7. The van der Waals surface area contributed by atoms with Gasteiger partial charge in [0.25, 0.3) is 0 Å². The van der Waals surface area contributed by atoms with Crippen LogP contribution in [0.15, 0.2) is 47.4 Å². The maximum Gasteiger partial charge on any atom is 0.243 e. The second kappa shape index (κ2) is 8.28. The molecule has 1 fully saturated rings. The Morgan fingerprint density at radius 2 is 1.71 bits per heavy atom. The van der Waals surface area contributed by atoms with E-state index in [1.165, 1.54) is 29.3 Å². The number of nitrogens with zero attached hydrogens (tertiary/aromatic N) is 2. The largest absolute Gasteiger partial charge is 0.368 e. The molecule has 1 amide bonds. The van der Waals surface area contributed by atoms with Gasteiger partial charge in [-0.25, -0.2) is 17.5 Å². The molecule has 0 saturated carbocycles. The Bertz CT molecular complexity index is 970. The Morgan fingerprint density at radius 1 is 1.04 bits per heavy atom. The lowest BCUT2D eigenvalue weighted by Crippen LogP contribution is -2.51. The van der Waals surface area contributed by atoms with Gasteiger partial charge in [0.15, 0.2) is 0 Å². The smallest absolute Gasteiger partial charge is 0.243 e. The number of carbonyl (C=O) groups excluding carboxylic acids is 1. The topological polar surface area (TPSA) is 69.7 Å². The number of sulfonamides is 1. The molecule has 150 valence electrons. The molecule has 28 heavy (non-hydrogen) atoms. The second-order valence-electron chi connectivity index (χ2n) is 6.84. The van der Waals surface area contributed by atoms with Crippen LogP contribution in [0.25, 0.3) is 0 Å².